The fourth-order valence-corrected chi connectivity index (χ4v) is 1.11. The summed E-state index contributed by atoms with van der Waals surface area (Å²) in [6.45, 7) is 0. The third-order valence-corrected chi connectivity index (χ3v) is 1.90. The molecule has 7 heteroatoms. The molecule has 0 aliphatic heterocycles. The molecule has 0 atom stereocenters. The minimum Gasteiger partial charge on any atom is -0.394 e. The number of hydrazine groups is 1. The SMILES string of the molecule is NNc1c(N)c(Cl)nc(Cl)c1N. The summed E-state index contributed by atoms with van der Waals surface area (Å²) in [4.78, 5) is 3.67. The lowest BCUT2D eigenvalue weighted by atomic mass is 10.3. The van der Waals surface area contributed by atoms with Crippen LogP contribution in [0.15, 0.2) is 0 Å². The van der Waals surface area contributed by atoms with Crippen molar-refractivity contribution in [3.8, 4) is 0 Å². The molecular weight excluding hydrogens is 201 g/mol. The van der Waals surface area contributed by atoms with Gasteiger partial charge in [-0.1, -0.05) is 23.2 Å². The van der Waals surface area contributed by atoms with Crippen molar-refractivity contribution < 1.29 is 0 Å². The lowest BCUT2D eigenvalue weighted by molar-refractivity contribution is 1.29. The quantitative estimate of drug-likeness (QED) is 0.311. The number of halogens is 2. The first-order valence-corrected chi connectivity index (χ1v) is 3.70. The average molecular weight is 208 g/mol. The van der Waals surface area contributed by atoms with E-state index in [1.165, 1.54) is 0 Å². The van der Waals surface area contributed by atoms with Crippen LogP contribution in [0.4, 0.5) is 17.1 Å². The topological polar surface area (TPSA) is 103 Å². The first-order chi connectivity index (χ1) is 5.57. The van der Waals surface area contributed by atoms with Crippen molar-refractivity contribution in [2.24, 2.45) is 5.84 Å². The second kappa shape index (κ2) is 3.22. The molecule has 0 amide bonds. The van der Waals surface area contributed by atoms with Gasteiger partial charge in [-0.2, -0.15) is 0 Å². The van der Waals surface area contributed by atoms with Crippen molar-refractivity contribution in [2.75, 3.05) is 16.9 Å². The molecule has 1 heterocycles. The first-order valence-electron chi connectivity index (χ1n) is 2.94. The van der Waals surface area contributed by atoms with Gasteiger partial charge in [0.2, 0.25) is 0 Å². The van der Waals surface area contributed by atoms with Crippen molar-refractivity contribution in [1.82, 2.24) is 4.98 Å². The van der Waals surface area contributed by atoms with E-state index in [1.54, 1.807) is 0 Å². The van der Waals surface area contributed by atoms with Crippen molar-refractivity contribution in [3.05, 3.63) is 10.3 Å². The Morgan fingerprint density at radius 2 is 1.50 bits per heavy atom. The van der Waals surface area contributed by atoms with Crippen LogP contribution < -0.4 is 22.7 Å². The monoisotopic (exact) mass is 207 g/mol. The molecule has 0 aliphatic carbocycles. The number of hydrogen-bond acceptors (Lipinski definition) is 5. The minimum absolute atomic E-state index is 0.0714. The van der Waals surface area contributed by atoms with Crippen LogP contribution in [0.5, 0.6) is 0 Å². The molecule has 0 bridgehead atoms. The summed E-state index contributed by atoms with van der Waals surface area (Å²) in [5.74, 6) is 5.13. The molecule has 0 saturated heterocycles. The second-order valence-corrected chi connectivity index (χ2v) is 2.76. The maximum absolute atomic E-state index is 5.60. The van der Waals surface area contributed by atoms with Crippen LogP contribution in [-0.2, 0) is 0 Å². The zero-order valence-electron chi connectivity index (χ0n) is 5.94. The highest BCUT2D eigenvalue weighted by Crippen LogP contribution is 2.34. The summed E-state index contributed by atoms with van der Waals surface area (Å²) in [5.41, 5.74) is 13.9. The molecule has 1 aromatic rings. The fraction of sp³-hybridized carbons (Fsp3) is 0. The van der Waals surface area contributed by atoms with E-state index in [-0.39, 0.29) is 21.7 Å². The Kier molecular flexibility index (Phi) is 2.46. The number of anilines is 3. The summed E-state index contributed by atoms with van der Waals surface area (Å²) < 4.78 is 0. The molecule has 0 fully saturated rings. The molecule has 0 unspecified atom stereocenters. The zero-order chi connectivity index (χ0) is 9.30. The number of pyridine rings is 1. The number of hydrogen-bond donors (Lipinski definition) is 4. The largest absolute Gasteiger partial charge is 0.394 e. The summed E-state index contributed by atoms with van der Waals surface area (Å²) in [6, 6.07) is 0. The van der Waals surface area contributed by atoms with Gasteiger partial charge in [-0.15, -0.1) is 0 Å². The van der Waals surface area contributed by atoms with Gasteiger partial charge >= 0.3 is 0 Å². The van der Waals surface area contributed by atoms with Gasteiger partial charge in [0.15, 0.2) is 10.3 Å². The number of rotatable bonds is 1. The highest BCUT2D eigenvalue weighted by molar-refractivity contribution is 6.36. The van der Waals surface area contributed by atoms with Crippen LogP contribution in [0, 0.1) is 0 Å². The number of nitrogens with zero attached hydrogens (tertiary/aromatic N) is 1. The van der Waals surface area contributed by atoms with Gasteiger partial charge in [-0.25, -0.2) is 4.98 Å². The highest BCUT2D eigenvalue weighted by atomic mass is 35.5. The molecule has 0 saturated carbocycles. The van der Waals surface area contributed by atoms with Crippen LogP contribution in [-0.4, -0.2) is 4.98 Å². The summed E-state index contributed by atoms with van der Waals surface area (Å²) in [6.07, 6.45) is 0. The van der Waals surface area contributed by atoms with Crippen molar-refractivity contribution in [1.29, 1.82) is 0 Å². The van der Waals surface area contributed by atoms with E-state index in [9.17, 15) is 0 Å². The Bertz CT molecular complexity index is 287. The second-order valence-electron chi connectivity index (χ2n) is 2.04. The summed E-state index contributed by atoms with van der Waals surface area (Å²) in [5, 5.41) is 0.143. The number of nitrogens with two attached hydrogens (primary N) is 3. The third-order valence-electron chi connectivity index (χ3n) is 1.32. The van der Waals surface area contributed by atoms with E-state index in [1.807, 2.05) is 0 Å². The van der Waals surface area contributed by atoms with Gasteiger partial charge in [-0.05, 0) is 0 Å². The lowest BCUT2D eigenvalue weighted by Gasteiger charge is -2.09. The molecule has 5 nitrogen and oxygen atoms in total. The van der Waals surface area contributed by atoms with E-state index in [4.69, 9.17) is 40.5 Å². The average Bonchev–Trinajstić information content (AvgIpc) is 2.02. The molecule has 0 spiro atoms. The van der Waals surface area contributed by atoms with Gasteiger partial charge in [0.05, 0.1) is 11.4 Å². The maximum atomic E-state index is 5.60. The van der Waals surface area contributed by atoms with Gasteiger partial charge in [0.25, 0.3) is 0 Å². The van der Waals surface area contributed by atoms with Crippen molar-refractivity contribution in [2.45, 2.75) is 0 Å². The van der Waals surface area contributed by atoms with Crippen LogP contribution in [0.3, 0.4) is 0 Å². The Morgan fingerprint density at radius 1 is 1.08 bits per heavy atom. The number of nitrogen functional groups attached to an aromatic ring is 3. The Labute approximate surface area is 78.8 Å². The smallest absolute Gasteiger partial charge is 0.156 e. The third kappa shape index (κ3) is 1.34. The van der Waals surface area contributed by atoms with Gasteiger partial charge in [0, 0.05) is 0 Å². The van der Waals surface area contributed by atoms with Crippen LogP contribution >= 0.6 is 23.2 Å². The van der Waals surface area contributed by atoms with Crippen LogP contribution in [0.2, 0.25) is 10.3 Å². The van der Waals surface area contributed by atoms with Gasteiger partial charge in [-0.3, -0.25) is 5.84 Å². The normalized spacial score (nSPS) is 9.92. The number of nitrogens with one attached hydrogen (secondary N) is 1. The van der Waals surface area contributed by atoms with Crippen molar-refractivity contribution >= 4 is 40.3 Å². The van der Waals surface area contributed by atoms with Crippen molar-refractivity contribution in [3.63, 3.8) is 0 Å². The lowest BCUT2D eigenvalue weighted by Crippen LogP contribution is -2.12. The molecular formula is C5H7Cl2N5. The Morgan fingerprint density at radius 3 is 1.83 bits per heavy atom. The molecule has 0 aliphatic rings. The summed E-state index contributed by atoms with van der Waals surface area (Å²) in [7, 11) is 0. The predicted octanol–water partition coefficient (Wildman–Crippen LogP) is 0.838. The predicted molar refractivity (Wildman–Crippen MR) is 50.9 cm³/mol. The standard InChI is InChI=1S/C5H7Cl2N5/c6-4-1(8)3(12-10)2(9)5(7)11-4/h8-10H2,(H,11,12). The van der Waals surface area contributed by atoms with E-state index in [2.05, 4.69) is 10.4 Å². The zero-order valence-corrected chi connectivity index (χ0v) is 7.45. The molecule has 66 valence electrons. The van der Waals surface area contributed by atoms with E-state index < -0.39 is 0 Å². The van der Waals surface area contributed by atoms with E-state index >= 15 is 0 Å². The molecule has 0 radical (unpaired) electrons. The summed E-state index contributed by atoms with van der Waals surface area (Å²) >= 11 is 11.2. The molecule has 7 N–H and O–H groups in total. The van der Waals surface area contributed by atoms with Crippen LogP contribution in [0.25, 0.3) is 0 Å². The number of aromatic nitrogens is 1. The van der Waals surface area contributed by atoms with E-state index in [0.29, 0.717) is 5.69 Å². The first kappa shape index (κ1) is 9.18. The van der Waals surface area contributed by atoms with Gasteiger partial charge < -0.3 is 16.9 Å². The molecule has 1 rings (SSSR count). The fourth-order valence-electron chi connectivity index (χ4n) is 0.714. The maximum Gasteiger partial charge on any atom is 0.156 e. The Balaban J connectivity index is 3.42. The molecule has 0 aromatic carbocycles. The molecule has 12 heavy (non-hydrogen) atoms. The minimum atomic E-state index is 0.0714. The Hall–Kier alpha value is -0.910. The molecule has 1 aromatic heterocycles. The van der Waals surface area contributed by atoms with E-state index in [0.717, 1.165) is 0 Å². The van der Waals surface area contributed by atoms with Crippen LogP contribution in [0.1, 0.15) is 0 Å². The highest BCUT2D eigenvalue weighted by Gasteiger charge is 2.11. The van der Waals surface area contributed by atoms with Gasteiger partial charge in [0.1, 0.15) is 5.69 Å².